The maximum atomic E-state index is 11.7. The maximum Gasteiger partial charge on any atom is 0.166 e. The zero-order valence-corrected chi connectivity index (χ0v) is 11.0. The Morgan fingerprint density at radius 2 is 2.00 bits per heavy atom. The van der Waals surface area contributed by atoms with Gasteiger partial charge in [0.05, 0.1) is 16.7 Å². The Labute approximate surface area is 106 Å². The Kier molecular flexibility index (Phi) is 4.63. The van der Waals surface area contributed by atoms with Crippen LogP contribution in [-0.4, -0.2) is 11.9 Å². The molecule has 0 bridgehead atoms. The number of ether oxygens (including phenoxy) is 1. The van der Waals surface area contributed by atoms with Gasteiger partial charge in [0, 0.05) is 11.4 Å². The van der Waals surface area contributed by atoms with Gasteiger partial charge in [-0.25, -0.2) is 0 Å². The number of Topliss-reactive ketones (excluding diaryl/α,β-unsaturated/α-hetero) is 1. The Balaban J connectivity index is 3.26. The van der Waals surface area contributed by atoms with Crippen LogP contribution in [0, 0.1) is 0 Å². The van der Waals surface area contributed by atoms with E-state index in [1.54, 1.807) is 19.1 Å². The zero-order valence-electron chi connectivity index (χ0n) is 9.51. The van der Waals surface area contributed by atoms with Crippen LogP contribution >= 0.6 is 23.2 Å². The number of rotatable bonds is 4. The van der Waals surface area contributed by atoms with Crippen molar-refractivity contribution >= 4 is 29.0 Å². The van der Waals surface area contributed by atoms with E-state index < -0.39 is 0 Å². The first-order chi connectivity index (χ1) is 7.45. The van der Waals surface area contributed by atoms with Gasteiger partial charge < -0.3 is 4.74 Å². The first kappa shape index (κ1) is 13.3. The highest BCUT2D eigenvalue weighted by atomic mass is 35.5. The maximum absolute atomic E-state index is 11.7. The molecule has 0 aromatic heterocycles. The van der Waals surface area contributed by atoms with Crippen molar-refractivity contribution in [3.63, 3.8) is 0 Å². The highest BCUT2D eigenvalue weighted by molar-refractivity contribution is 6.36. The average molecular weight is 261 g/mol. The van der Waals surface area contributed by atoms with E-state index in [2.05, 4.69) is 0 Å². The number of hydrogen-bond donors (Lipinski definition) is 0. The standard InChI is InChI=1S/C12H14Cl2O2/c1-4-11(15)9-5-8(13)6-10(14)12(9)16-7(2)3/h5-7H,4H2,1-3H3. The summed E-state index contributed by atoms with van der Waals surface area (Å²) in [5.74, 6) is 0.396. The molecular formula is C12H14Cl2O2. The summed E-state index contributed by atoms with van der Waals surface area (Å²) in [6, 6.07) is 3.17. The van der Waals surface area contributed by atoms with E-state index in [-0.39, 0.29) is 11.9 Å². The van der Waals surface area contributed by atoms with Gasteiger partial charge in [-0.05, 0) is 26.0 Å². The lowest BCUT2D eigenvalue weighted by atomic mass is 10.1. The predicted molar refractivity (Wildman–Crippen MR) is 66.8 cm³/mol. The summed E-state index contributed by atoms with van der Waals surface area (Å²) in [7, 11) is 0. The fraction of sp³-hybridized carbons (Fsp3) is 0.417. The second-order valence-electron chi connectivity index (χ2n) is 3.71. The van der Waals surface area contributed by atoms with Crippen LogP contribution < -0.4 is 4.74 Å². The minimum absolute atomic E-state index is 0.0277. The van der Waals surface area contributed by atoms with Crippen LogP contribution in [0.5, 0.6) is 5.75 Å². The van der Waals surface area contributed by atoms with Crippen LogP contribution in [-0.2, 0) is 0 Å². The molecule has 0 spiro atoms. The fourth-order valence-corrected chi connectivity index (χ4v) is 1.85. The Morgan fingerprint density at radius 3 is 2.50 bits per heavy atom. The molecule has 0 unspecified atom stereocenters. The lowest BCUT2D eigenvalue weighted by Crippen LogP contribution is -2.10. The summed E-state index contributed by atoms with van der Waals surface area (Å²) in [5.41, 5.74) is 0.452. The summed E-state index contributed by atoms with van der Waals surface area (Å²) < 4.78 is 5.54. The molecule has 88 valence electrons. The molecule has 2 nitrogen and oxygen atoms in total. The molecule has 0 radical (unpaired) electrons. The van der Waals surface area contributed by atoms with Crippen LogP contribution in [0.3, 0.4) is 0 Å². The molecule has 1 rings (SSSR count). The largest absolute Gasteiger partial charge is 0.489 e. The fourth-order valence-electron chi connectivity index (χ4n) is 1.31. The van der Waals surface area contributed by atoms with Gasteiger partial charge in [-0.2, -0.15) is 0 Å². The lowest BCUT2D eigenvalue weighted by Gasteiger charge is -2.15. The van der Waals surface area contributed by atoms with Crippen LogP contribution in [0.15, 0.2) is 12.1 Å². The number of ketones is 1. The predicted octanol–water partition coefficient (Wildman–Crippen LogP) is 4.37. The summed E-state index contributed by atoms with van der Waals surface area (Å²) in [6.45, 7) is 5.55. The molecule has 0 N–H and O–H groups in total. The minimum Gasteiger partial charge on any atom is -0.489 e. The van der Waals surface area contributed by atoms with E-state index >= 15 is 0 Å². The van der Waals surface area contributed by atoms with Gasteiger partial charge in [0.1, 0.15) is 5.75 Å². The van der Waals surface area contributed by atoms with E-state index in [4.69, 9.17) is 27.9 Å². The molecule has 0 fully saturated rings. The number of benzene rings is 1. The van der Waals surface area contributed by atoms with Gasteiger partial charge >= 0.3 is 0 Å². The Bertz CT molecular complexity index is 400. The highest BCUT2D eigenvalue weighted by Crippen LogP contribution is 2.33. The number of carbonyl (C=O) groups is 1. The lowest BCUT2D eigenvalue weighted by molar-refractivity contribution is 0.0982. The van der Waals surface area contributed by atoms with Crippen molar-refractivity contribution in [2.75, 3.05) is 0 Å². The average Bonchev–Trinajstić information content (AvgIpc) is 2.20. The van der Waals surface area contributed by atoms with Gasteiger partial charge in [0.2, 0.25) is 0 Å². The number of halogens is 2. The molecule has 0 atom stereocenters. The molecule has 1 aromatic carbocycles. The van der Waals surface area contributed by atoms with Crippen LogP contribution in [0.1, 0.15) is 37.6 Å². The van der Waals surface area contributed by atoms with Crippen LogP contribution in [0.4, 0.5) is 0 Å². The quantitative estimate of drug-likeness (QED) is 0.752. The molecule has 1 aromatic rings. The normalized spacial score (nSPS) is 10.6. The van der Waals surface area contributed by atoms with Gasteiger partial charge in [-0.15, -0.1) is 0 Å². The Morgan fingerprint density at radius 1 is 1.38 bits per heavy atom. The van der Waals surface area contributed by atoms with Crippen molar-refractivity contribution in [1.29, 1.82) is 0 Å². The smallest absolute Gasteiger partial charge is 0.166 e. The van der Waals surface area contributed by atoms with Gasteiger partial charge in [0.25, 0.3) is 0 Å². The van der Waals surface area contributed by atoms with Crippen molar-refractivity contribution in [3.8, 4) is 5.75 Å². The Hall–Kier alpha value is -0.730. The van der Waals surface area contributed by atoms with Gasteiger partial charge in [0.15, 0.2) is 5.78 Å². The van der Waals surface area contributed by atoms with Crippen LogP contribution in [0.2, 0.25) is 10.0 Å². The van der Waals surface area contributed by atoms with Gasteiger partial charge in [-0.3, -0.25) is 4.79 Å². The molecular weight excluding hydrogens is 247 g/mol. The highest BCUT2D eigenvalue weighted by Gasteiger charge is 2.16. The molecule has 0 aliphatic heterocycles. The molecule has 0 saturated heterocycles. The molecule has 0 amide bonds. The molecule has 16 heavy (non-hydrogen) atoms. The van der Waals surface area contributed by atoms with Gasteiger partial charge in [-0.1, -0.05) is 30.1 Å². The third-order valence-electron chi connectivity index (χ3n) is 1.98. The minimum atomic E-state index is -0.0397. The van der Waals surface area contributed by atoms with Crippen molar-refractivity contribution < 1.29 is 9.53 Å². The van der Waals surface area contributed by atoms with Crippen molar-refractivity contribution in [2.45, 2.75) is 33.3 Å². The van der Waals surface area contributed by atoms with Crippen molar-refractivity contribution in [2.24, 2.45) is 0 Å². The first-order valence-electron chi connectivity index (χ1n) is 5.14. The second-order valence-corrected chi connectivity index (χ2v) is 4.55. The molecule has 0 heterocycles. The number of carbonyl (C=O) groups excluding carboxylic acids is 1. The van der Waals surface area contributed by atoms with E-state index in [1.807, 2.05) is 13.8 Å². The second kappa shape index (κ2) is 5.55. The van der Waals surface area contributed by atoms with Crippen molar-refractivity contribution in [1.82, 2.24) is 0 Å². The van der Waals surface area contributed by atoms with E-state index in [9.17, 15) is 4.79 Å². The van der Waals surface area contributed by atoms with E-state index in [1.165, 1.54) is 0 Å². The molecule has 0 aliphatic carbocycles. The summed E-state index contributed by atoms with van der Waals surface area (Å²) in [5, 5.41) is 0.816. The van der Waals surface area contributed by atoms with Crippen LogP contribution in [0.25, 0.3) is 0 Å². The topological polar surface area (TPSA) is 26.3 Å². The monoisotopic (exact) mass is 260 g/mol. The summed E-state index contributed by atoms with van der Waals surface area (Å²) >= 11 is 11.9. The molecule has 0 aliphatic rings. The summed E-state index contributed by atoms with van der Waals surface area (Å²) in [6.07, 6.45) is 0.354. The van der Waals surface area contributed by atoms with Crippen molar-refractivity contribution in [3.05, 3.63) is 27.7 Å². The van der Waals surface area contributed by atoms with E-state index in [0.717, 1.165) is 0 Å². The molecule has 4 heteroatoms. The molecule has 0 saturated carbocycles. The summed E-state index contributed by atoms with van der Waals surface area (Å²) in [4.78, 5) is 11.7. The zero-order chi connectivity index (χ0) is 12.3. The third-order valence-corrected chi connectivity index (χ3v) is 2.48. The van der Waals surface area contributed by atoms with E-state index in [0.29, 0.717) is 27.8 Å². The first-order valence-corrected chi connectivity index (χ1v) is 5.90. The number of hydrogen-bond acceptors (Lipinski definition) is 2. The third kappa shape index (κ3) is 3.13. The SMILES string of the molecule is CCC(=O)c1cc(Cl)cc(Cl)c1OC(C)C.